The summed E-state index contributed by atoms with van der Waals surface area (Å²) >= 11 is 0. The van der Waals surface area contributed by atoms with Gasteiger partial charge in [-0.05, 0) is 42.9 Å². The Labute approximate surface area is 110 Å². The molecule has 0 radical (unpaired) electrons. The molecule has 1 aromatic rings. The van der Waals surface area contributed by atoms with Gasteiger partial charge in [-0.2, -0.15) is 5.26 Å². The van der Waals surface area contributed by atoms with Crippen molar-refractivity contribution in [2.24, 2.45) is 11.3 Å². The number of hydrogen-bond acceptors (Lipinski definition) is 2. The Morgan fingerprint density at radius 3 is 2.72 bits per heavy atom. The summed E-state index contributed by atoms with van der Waals surface area (Å²) in [6, 6.07) is 8.92. The minimum absolute atomic E-state index is 0.117. The minimum Gasteiger partial charge on any atom is -0.370 e. The Morgan fingerprint density at radius 1 is 1.33 bits per heavy atom. The summed E-state index contributed by atoms with van der Waals surface area (Å²) in [5.41, 5.74) is 4.11. The smallest absolute Gasteiger partial charge is 0.0690 e. The van der Waals surface area contributed by atoms with E-state index in [1.807, 2.05) is 0 Å². The first-order chi connectivity index (χ1) is 8.45. The lowest BCUT2D eigenvalue weighted by Crippen LogP contribution is -2.44. The van der Waals surface area contributed by atoms with Gasteiger partial charge in [0.1, 0.15) is 0 Å². The molecule has 1 aliphatic rings. The third-order valence-corrected chi connectivity index (χ3v) is 4.44. The van der Waals surface area contributed by atoms with Crippen LogP contribution in [-0.4, -0.2) is 13.1 Å². The Bertz CT molecular complexity index is 482. The quantitative estimate of drug-likeness (QED) is 0.751. The normalized spacial score (nSPS) is 22.6. The van der Waals surface area contributed by atoms with E-state index >= 15 is 0 Å². The van der Waals surface area contributed by atoms with E-state index in [0.29, 0.717) is 0 Å². The van der Waals surface area contributed by atoms with E-state index in [9.17, 15) is 5.26 Å². The number of benzene rings is 1. The fourth-order valence-electron chi connectivity index (χ4n) is 2.67. The standard InChI is InChI=1S/C16H22N2/c1-12-6-5-7-15(13(12)2)18-9-8-16(3,4)14(10-17)11-18/h5-7,14H,8-9,11H2,1-4H3. The Morgan fingerprint density at radius 2 is 2.06 bits per heavy atom. The van der Waals surface area contributed by atoms with Gasteiger partial charge in [0.05, 0.1) is 12.0 Å². The first kappa shape index (κ1) is 13.0. The monoisotopic (exact) mass is 242 g/mol. The van der Waals surface area contributed by atoms with E-state index in [0.717, 1.165) is 19.5 Å². The summed E-state index contributed by atoms with van der Waals surface area (Å²) in [5, 5.41) is 9.34. The number of nitriles is 1. The maximum atomic E-state index is 9.34. The van der Waals surface area contributed by atoms with E-state index in [-0.39, 0.29) is 11.3 Å². The van der Waals surface area contributed by atoms with Crippen LogP contribution in [0.3, 0.4) is 0 Å². The van der Waals surface area contributed by atoms with Crippen LogP contribution < -0.4 is 4.90 Å². The second kappa shape index (κ2) is 4.65. The highest BCUT2D eigenvalue weighted by Gasteiger charge is 2.35. The van der Waals surface area contributed by atoms with Crippen molar-refractivity contribution in [2.75, 3.05) is 18.0 Å². The molecule has 0 amide bonds. The average Bonchev–Trinajstić information content (AvgIpc) is 2.33. The molecule has 0 bridgehead atoms. The molecule has 0 aliphatic carbocycles. The van der Waals surface area contributed by atoms with Crippen molar-refractivity contribution in [3.8, 4) is 6.07 Å². The van der Waals surface area contributed by atoms with Gasteiger partial charge in [-0.1, -0.05) is 26.0 Å². The first-order valence-corrected chi connectivity index (χ1v) is 6.66. The molecule has 2 rings (SSSR count). The van der Waals surface area contributed by atoms with E-state index in [2.05, 4.69) is 56.9 Å². The minimum atomic E-state index is 0.117. The van der Waals surface area contributed by atoms with Gasteiger partial charge in [0.25, 0.3) is 0 Å². The van der Waals surface area contributed by atoms with Gasteiger partial charge in [0.15, 0.2) is 0 Å². The highest BCUT2D eigenvalue weighted by molar-refractivity contribution is 5.56. The average molecular weight is 242 g/mol. The molecular weight excluding hydrogens is 220 g/mol. The van der Waals surface area contributed by atoms with Crippen LogP contribution in [-0.2, 0) is 0 Å². The summed E-state index contributed by atoms with van der Waals surface area (Å²) in [5.74, 6) is 0.117. The van der Waals surface area contributed by atoms with Gasteiger partial charge < -0.3 is 4.90 Å². The third-order valence-electron chi connectivity index (χ3n) is 4.44. The molecule has 1 aromatic carbocycles. The van der Waals surface area contributed by atoms with Crippen molar-refractivity contribution < 1.29 is 0 Å². The Hall–Kier alpha value is -1.49. The molecule has 1 saturated heterocycles. The molecule has 1 heterocycles. The van der Waals surface area contributed by atoms with Crippen molar-refractivity contribution >= 4 is 5.69 Å². The fourth-order valence-corrected chi connectivity index (χ4v) is 2.67. The van der Waals surface area contributed by atoms with Gasteiger partial charge in [-0.3, -0.25) is 0 Å². The van der Waals surface area contributed by atoms with E-state index in [1.165, 1.54) is 16.8 Å². The van der Waals surface area contributed by atoms with E-state index < -0.39 is 0 Å². The molecule has 0 spiro atoms. The van der Waals surface area contributed by atoms with Gasteiger partial charge >= 0.3 is 0 Å². The van der Waals surface area contributed by atoms with Crippen LogP contribution in [0.2, 0.25) is 0 Å². The lowest BCUT2D eigenvalue weighted by atomic mass is 9.74. The van der Waals surface area contributed by atoms with E-state index in [1.54, 1.807) is 0 Å². The Kier molecular flexibility index (Phi) is 3.34. The second-order valence-corrected chi connectivity index (χ2v) is 6.09. The lowest BCUT2D eigenvalue weighted by Gasteiger charge is -2.42. The molecule has 18 heavy (non-hydrogen) atoms. The van der Waals surface area contributed by atoms with Crippen LogP contribution in [0.1, 0.15) is 31.4 Å². The zero-order valence-electron chi connectivity index (χ0n) is 11.8. The van der Waals surface area contributed by atoms with Crippen molar-refractivity contribution in [1.82, 2.24) is 0 Å². The molecule has 2 heteroatoms. The van der Waals surface area contributed by atoms with Crippen molar-refractivity contribution in [2.45, 2.75) is 34.1 Å². The number of nitrogens with zero attached hydrogens (tertiary/aromatic N) is 2. The van der Waals surface area contributed by atoms with Crippen LogP contribution >= 0.6 is 0 Å². The highest BCUT2D eigenvalue weighted by Crippen LogP contribution is 2.37. The molecular formula is C16H22N2. The number of rotatable bonds is 1. The molecule has 1 unspecified atom stereocenters. The number of piperidine rings is 1. The Balaban J connectivity index is 2.27. The van der Waals surface area contributed by atoms with Gasteiger partial charge in [0.2, 0.25) is 0 Å². The topological polar surface area (TPSA) is 27.0 Å². The number of hydrogen-bond donors (Lipinski definition) is 0. The molecule has 0 saturated carbocycles. The molecule has 1 aliphatic heterocycles. The third kappa shape index (κ3) is 2.22. The van der Waals surface area contributed by atoms with Crippen molar-refractivity contribution in [1.29, 1.82) is 5.26 Å². The summed E-state index contributed by atoms with van der Waals surface area (Å²) in [4.78, 5) is 2.38. The molecule has 0 aromatic heterocycles. The van der Waals surface area contributed by atoms with Gasteiger partial charge in [0, 0.05) is 18.8 Å². The van der Waals surface area contributed by atoms with Crippen LogP contribution in [0.25, 0.3) is 0 Å². The molecule has 1 atom stereocenters. The molecule has 0 N–H and O–H groups in total. The summed E-state index contributed by atoms with van der Waals surface area (Å²) < 4.78 is 0. The molecule has 1 fully saturated rings. The van der Waals surface area contributed by atoms with Crippen molar-refractivity contribution in [3.63, 3.8) is 0 Å². The first-order valence-electron chi connectivity index (χ1n) is 6.66. The van der Waals surface area contributed by atoms with E-state index in [4.69, 9.17) is 0 Å². The second-order valence-electron chi connectivity index (χ2n) is 6.09. The SMILES string of the molecule is Cc1cccc(N2CCC(C)(C)C(C#N)C2)c1C. The maximum absolute atomic E-state index is 9.34. The van der Waals surface area contributed by atoms with Gasteiger partial charge in [-0.15, -0.1) is 0 Å². The van der Waals surface area contributed by atoms with Crippen LogP contribution in [0.15, 0.2) is 18.2 Å². The van der Waals surface area contributed by atoms with Crippen LogP contribution in [0, 0.1) is 36.5 Å². The predicted molar refractivity (Wildman–Crippen MR) is 75.6 cm³/mol. The van der Waals surface area contributed by atoms with Crippen LogP contribution in [0.5, 0.6) is 0 Å². The molecule has 96 valence electrons. The highest BCUT2D eigenvalue weighted by atomic mass is 15.1. The maximum Gasteiger partial charge on any atom is 0.0690 e. The fraction of sp³-hybridized carbons (Fsp3) is 0.562. The van der Waals surface area contributed by atoms with Gasteiger partial charge in [-0.25, -0.2) is 0 Å². The summed E-state index contributed by atoms with van der Waals surface area (Å²) in [6.45, 7) is 10.6. The summed E-state index contributed by atoms with van der Waals surface area (Å²) in [7, 11) is 0. The largest absolute Gasteiger partial charge is 0.370 e. The number of aryl methyl sites for hydroxylation is 1. The molecule has 2 nitrogen and oxygen atoms in total. The van der Waals surface area contributed by atoms with Crippen LogP contribution in [0.4, 0.5) is 5.69 Å². The zero-order chi connectivity index (χ0) is 13.3. The summed E-state index contributed by atoms with van der Waals surface area (Å²) in [6.07, 6.45) is 1.08. The predicted octanol–water partition coefficient (Wildman–Crippen LogP) is 3.68. The number of anilines is 1. The zero-order valence-corrected chi connectivity index (χ0v) is 11.8. The lowest BCUT2D eigenvalue weighted by molar-refractivity contribution is 0.217. The van der Waals surface area contributed by atoms with Crippen molar-refractivity contribution in [3.05, 3.63) is 29.3 Å².